The zero-order valence-corrected chi connectivity index (χ0v) is 15.3. The first-order valence-electron chi connectivity index (χ1n) is 7.60. The van der Waals surface area contributed by atoms with Crippen molar-refractivity contribution < 1.29 is 0 Å². The third kappa shape index (κ3) is 6.13. The third-order valence-corrected chi connectivity index (χ3v) is 5.48. The summed E-state index contributed by atoms with van der Waals surface area (Å²) < 4.78 is 0. The second kappa shape index (κ2) is 7.99. The van der Waals surface area contributed by atoms with Gasteiger partial charge in [0.15, 0.2) is 0 Å². The Morgan fingerprint density at radius 1 is 0.857 bits per heavy atom. The van der Waals surface area contributed by atoms with Gasteiger partial charge in [0, 0.05) is 0 Å². The summed E-state index contributed by atoms with van der Waals surface area (Å²) in [6.45, 7) is 13.4. The molecule has 0 nitrogen and oxygen atoms in total. The number of hydrogen-bond acceptors (Lipinski definition) is 0. The van der Waals surface area contributed by atoms with E-state index in [0.717, 1.165) is 0 Å². The molecule has 0 N–H and O–H groups in total. The Hall–Kier alpha value is -1.60. The smallest absolute Gasteiger partial charge is 0.0775 e. The van der Waals surface area contributed by atoms with Crippen molar-refractivity contribution in [2.45, 2.75) is 40.4 Å². The minimum absolute atomic E-state index is 1.03. The number of benzene rings is 2. The van der Waals surface area contributed by atoms with Gasteiger partial charge in [-0.2, -0.15) is 0 Å². The van der Waals surface area contributed by atoms with Crippen LogP contribution in [0.4, 0.5) is 0 Å². The molecule has 0 aliphatic rings. The molecule has 0 spiro atoms. The van der Waals surface area contributed by atoms with Crippen LogP contribution in [0, 0.1) is 13.8 Å². The van der Waals surface area contributed by atoms with Gasteiger partial charge < -0.3 is 0 Å². The van der Waals surface area contributed by atoms with Crippen molar-refractivity contribution in [3.8, 4) is 0 Å². The van der Waals surface area contributed by atoms with E-state index in [1.165, 1.54) is 21.9 Å². The van der Waals surface area contributed by atoms with Gasteiger partial charge in [-0.15, -0.1) is 0 Å². The van der Waals surface area contributed by atoms with Gasteiger partial charge in [0.1, 0.15) is 0 Å². The quantitative estimate of drug-likeness (QED) is 0.636. The summed E-state index contributed by atoms with van der Waals surface area (Å²) in [6, 6.07) is 17.3. The van der Waals surface area contributed by atoms with E-state index in [1.54, 1.807) is 0 Å². The molecule has 0 atom stereocenters. The first-order valence-corrected chi connectivity index (χ1v) is 11.1. The summed E-state index contributed by atoms with van der Waals surface area (Å²) in [5.74, 6) is 0. The van der Waals surface area contributed by atoms with Gasteiger partial charge in [0.2, 0.25) is 0 Å². The molecule has 1 heteroatoms. The molecule has 0 saturated carbocycles. The van der Waals surface area contributed by atoms with Crippen LogP contribution >= 0.6 is 0 Å². The average Bonchev–Trinajstić information content (AvgIpc) is 2.43. The number of rotatable bonds is 2. The first-order chi connectivity index (χ1) is 9.84. The standard InChI is InChI=1S/C11H14.C9H14Si/c1-4-5-11-7-6-9(2)8-10(11)3;1-10(2,3)9-7-5-4-6-8-9/h4-8H,1-3H3;4-8H,1-3H3/b5-4+;. The van der Waals surface area contributed by atoms with Crippen LogP contribution in [0.5, 0.6) is 0 Å². The SMILES string of the molecule is C/C=C/c1ccc(C)cc1C.C[Si](C)(C)c1ccccc1. The van der Waals surface area contributed by atoms with Crippen molar-refractivity contribution in [1.29, 1.82) is 0 Å². The fraction of sp³-hybridized carbons (Fsp3) is 0.300. The van der Waals surface area contributed by atoms with E-state index in [0.29, 0.717) is 0 Å². The zero-order chi connectivity index (χ0) is 15.9. The molecule has 21 heavy (non-hydrogen) atoms. The summed E-state index contributed by atoms with van der Waals surface area (Å²) in [6.07, 6.45) is 4.20. The maximum Gasteiger partial charge on any atom is 0.0775 e. The lowest BCUT2D eigenvalue weighted by Gasteiger charge is -2.15. The van der Waals surface area contributed by atoms with Gasteiger partial charge in [-0.25, -0.2) is 0 Å². The fourth-order valence-electron chi connectivity index (χ4n) is 2.13. The molecule has 112 valence electrons. The summed E-state index contributed by atoms with van der Waals surface area (Å²) in [5.41, 5.74) is 4.00. The summed E-state index contributed by atoms with van der Waals surface area (Å²) in [7, 11) is -1.03. The van der Waals surface area contributed by atoms with E-state index in [1.807, 2.05) is 6.92 Å². The maximum absolute atomic E-state index is 2.36. The minimum atomic E-state index is -1.03. The van der Waals surface area contributed by atoms with Crippen LogP contribution in [0.25, 0.3) is 6.08 Å². The van der Waals surface area contributed by atoms with Gasteiger partial charge in [-0.05, 0) is 31.9 Å². The molecule has 2 aromatic carbocycles. The molecule has 0 unspecified atom stereocenters. The Labute approximate surface area is 131 Å². The monoisotopic (exact) mass is 296 g/mol. The highest BCUT2D eigenvalue weighted by molar-refractivity contribution is 6.88. The largest absolute Gasteiger partial charge is 0.0871 e. The molecule has 2 aromatic rings. The number of aryl methyl sites for hydroxylation is 2. The van der Waals surface area contributed by atoms with E-state index in [-0.39, 0.29) is 0 Å². The fourth-order valence-corrected chi connectivity index (χ4v) is 3.32. The topological polar surface area (TPSA) is 0 Å². The van der Waals surface area contributed by atoms with Crippen LogP contribution in [-0.2, 0) is 0 Å². The van der Waals surface area contributed by atoms with E-state index in [4.69, 9.17) is 0 Å². The molecular formula is C20H28Si. The summed E-state index contributed by atoms with van der Waals surface area (Å²) >= 11 is 0. The Morgan fingerprint density at radius 3 is 1.90 bits per heavy atom. The predicted molar refractivity (Wildman–Crippen MR) is 100 cm³/mol. The van der Waals surface area contributed by atoms with Gasteiger partial charge in [-0.3, -0.25) is 0 Å². The lowest BCUT2D eigenvalue weighted by atomic mass is 10.1. The molecule has 0 aliphatic heterocycles. The highest BCUT2D eigenvalue weighted by Gasteiger charge is 2.14. The molecule has 0 amide bonds. The summed E-state index contributed by atoms with van der Waals surface area (Å²) in [4.78, 5) is 0. The Bertz CT molecular complexity index is 575. The Morgan fingerprint density at radius 2 is 1.48 bits per heavy atom. The second-order valence-electron chi connectivity index (χ2n) is 6.48. The molecule has 2 rings (SSSR count). The molecule has 0 saturated heterocycles. The zero-order valence-electron chi connectivity index (χ0n) is 14.3. The van der Waals surface area contributed by atoms with Crippen molar-refractivity contribution in [2.75, 3.05) is 0 Å². The van der Waals surface area contributed by atoms with Gasteiger partial charge >= 0.3 is 0 Å². The normalized spacial score (nSPS) is 11.1. The first kappa shape index (κ1) is 17.4. The number of allylic oxidation sites excluding steroid dienone is 1. The lowest BCUT2D eigenvalue weighted by Crippen LogP contribution is -2.37. The van der Waals surface area contributed by atoms with E-state index in [9.17, 15) is 0 Å². The lowest BCUT2D eigenvalue weighted by molar-refractivity contribution is 1.37. The van der Waals surface area contributed by atoms with Gasteiger partial charge in [-0.1, -0.05) is 91.1 Å². The molecule has 0 radical (unpaired) electrons. The van der Waals surface area contributed by atoms with Crippen LogP contribution in [0.1, 0.15) is 23.6 Å². The summed E-state index contributed by atoms with van der Waals surface area (Å²) in [5, 5.41) is 1.54. The predicted octanol–water partition coefficient (Wildman–Crippen LogP) is 5.57. The maximum atomic E-state index is 2.36. The minimum Gasteiger partial charge on any atom is -0.0871 e. The van der Waals surface area contributed by atoms with E-state index in [2.05, 4.69) is 94.2 Å². The van der Waals surface area contributed by atoms with Crippen LogP contribution in [0.2, 0.25) is 19.6 Å². The highest BCUT2D eigenvalue weighted by atomic mass is 28.3. The number of hydrogen-bond donors (Lipinski definition) is 0. The van der Waals surface area contributed by atoms with E-state index >= 15 is 0 Å². The second-order valence-corrected chi connectivity index (χ2v) is 11.6. The third-order valence-electron chi connectivity index (χ3n) is 3.41. The van der Waals surface area contributed by atoms with Crippen LogP contribution in [0.15, 0.2) is 54.6 Å². The van der Waals surface area contributed by atoms with Crippen LogP contribution in [0.3, 0.4) is 0 Å². The molecule has 0 aliphatic carbocycles. The molecule has 0 bridgehead atoms. The Kier molecular flexibility index (Phi) is 6.64. The van der Waals surface area contributed by atoms with Gasteiger partial charge in [0.05, 0.1) is 8.07 Å². The highest BCUT2D eigenvalue weighted by Crippen LogP contribution is 2.11. The van der Waals surface area contributed by atoms with Gasteiger partial charge in [0.25, 0.3) is 0 Å². The molecular weight excluding hydrogens is 268 g/mol. The molecule has 0 fully saturated rings. The molecule has 0 aromatic heterocycles. The van der Waals surface area contributed by atoms with Crippen molar-refractivity contribution in [3.05, 3.63) is 71.3 Å². The van der Waals surface area contributed by atoms with E-state index < -0.39 is 8.07 Å². The van der Waals surface area contributed by atoms with Crippen molar-refractivity contribution >= 4 is 19.3 Å². The van der Waals surface area contributed by atoms with Crippen molar-refractivity contribution in [3.63, 3.8) is 0 Å². The van der Waals surface area contributed by atoms with Crippen molar-refractivity contribution in [1.82, 2.24) is 0 Å². The average molecular weight is 297 g/mol. The Balaban J connectivity index is 0.000000211. The molecule has 0 heterocycles. The van der Waals surface area contributed by atoms with Crippen LogP contribution in [-0.4, -0.2) is 8.07 Å². The van der Waals surface area contributed by atoms with Crippen LogP contribution < -0.4 is 5.19 Å². The van der Waals surface area contributed by atoms with Crippen molar-refractivity contribution in [2.24, 2.45) is 0 Å².